The molecule has 1 spiro atoms. The summed E-state index contributed by atoms with van der Waals surface area (Å²) in [5.41, 5.74) is 4.00. The summed E-state index contributed by atoms with van der Waals surface area (Å²) in [6.45, 7) is 3.21. The van der Waals surface area contributed by atoms with Gasteiger partial charge in [0.15, 0.2) is 0 Å². The lowest BCUT2D eigenvalue weighted by Gasteiger charge is -2.39. The van der Waals surface area contributed by atoms with Crippen molar-refractivity contribution in [3.63, 3.8) is 0 Å². The van der Waals surface area contributed by atoms with Crippen molar-refractivity contribution in [3.8, 4) is 0 Å². The minimum atomic E-state index is -0.167. The predicted molar refractivity (Wildman–Crippen MR) is 81.4 cm³/mol. The molecule has 20 heavy (non-hydrogen) atoms. The van der Waals surface area contributed by atoms with Gasteiger partial charge in [0.05, 0.1) is 4.88 Å². The molecule has 0 radical (unpaired) electrons. The van der Waals surface area contributed by atoms with Gasteiger partial charge in [0.2, 0.25) is 0 Å². The first-order chi connectivity index (χ1) is 9.72. The largest absolute Gasteiger partial charge is 0.299 e. The van der Waals surface area contributed by atoms with E-state index < -0.39 is 0 Å². The van der Waals surface area contributed by atoms with E-state index in [2.05, 4.69) is 16.4 Å². The van der Waals surface area contributed by atoms with Gasteiger partial charge in [0, 0.05) is 6.54 Å². The zero-order chi connectivity index (χ0) is 14.0. The van der Waals surface area contributed by atoms with Gasteiger partial charge in [-0.1, -0.05) is 12.8 Å². The Labute approximate surface area is 124 Å². The second kappa shape index (κ2) is 5.84. The summed E-state index contributed by atoms with van der Waals surface area (Å²) in [5, 5.41) is 1.97. The molecule has 0 unspecified atom stereocenters. The van der Waals surface area contributed by atoms with Crippen LogP contribution in [0, 0.1) is 5.41 Å². The molecule has 110 valence electrons. The molecule has 0 atom stereocenters. The van der Waals surface area contributed by atoms with Crippen molar-refractivity contribution < 1.29 is 4.79 Å². The minimum Gasteiger partial charge on any atom is -0.299 e. The maximum atomic E-state index is 11.7. The smallest absolute Gasteiger partial charge is 0.275 e. The number of carbonyl (C=O) groups excluding carboxylic acids is 1. The third-order valence-electron chi connectivity index (χ3n) is 5.06. The molecule has 1 saturated heterocycles. The van der Waals surface area contributed by atoms with Gasteiger partial charge >= 0.3 is 0 Å². The Hall–Kier alpha value is -0.910. The molecule has 1 amide bonds. The summed E-state index contributed by atoms with van der Waals surface area (Å²) in [5.74, 6) is 5.07. The molecule has 1 aliphatic heterocycles. The maximum absolute atomic E-state index is 11.7. The number of amides is 1. The molecule has 4 nitrogen and oxygen atoms in total. The first-order valence-electron chi connectivity index (χ1n) is 7.52. The first-order valence-corrected chi connectivity index (χ1v) is 8.40. The summed E-state index contributed by atoms with van der Waals surface area (Å²) in [7, 11) is 0. The maximum Gasteiger partial charge on any atom is 0.275 e. The molecule has 2 aliphatic rings. The van der Waals surface area contributed by atoms with Gasteiger partial charge in [-0.25, -0.2) is 5.84 Å². The molecule has 2 heterocycles. The number of likely N-dealkylation sites (tertiary alicyclic amines) is 1. The second-order valence-electron chi connectivity index (χ2n) is 6.23. The van der Waals surface area contributed by atoms with E-state index in [1.807, 2.05) is 5.38 Å². The zero-order valence-corrected chi connectivity index (χ0v) is 12.7. The Bertz CT molecular complexity index is 469. The molecule has 0 bridgehead atoms. The molecule has 2 fully saturated rings. The molecule has 0 aromatic carbocycles. The fourth-order valence-corrected chi connectivity index (χ4v) is 4.59. The van der Waals surface area contributed by atoms with Crippen molar-refractivity contribution in [1.29, 1.82) is 0 Å². The third-order valence-corrected chi connectivity index (χ3v) is 6.01. The highest BCUT2D eigenvalue weighted by atomic mass is 32.1. The summed E-state index contributed by atoms with van der Waals surface area (Å²) < 4.78 is 0. The Kier molecular flexibility index (Phi) is 4.10. The Morgan fingerprint density at radius 2 is 2.00 bits per heavy atom. The molecule has 1 aliphatic carbocycles. The Morgan fingerprint density at radius 3 is 2.65 bits per heavy atom. The monoisotopic (exact) mass is 293 g/mol. The molecule has 3 rings (SSSR count). The molecule has 5 heteroatoms. The molecular weight excluding hydrogens is 270 g/mol. The number of nitrogens with one attached hydrogen (secondary N) is 1. The van der Waals surface area contributed by atoms with Crippen LogP contribution >= 0.6 is 11.3 Å². The van der Waals surface area contributed by atoms with Crippen molar-refractivity contribution in [2.75, 3.05) is 13.1 Å². The van der Waals surface area contributed by atoms with Gasteiger partial charge in [0.25, 0.3) is 5.91 Å². The normalized spacial score (nSPS) is 22.2. The van der Waals surface area contributed by atoms with Crippen molar-refractivity contribution in [2.24, 2.45) is 11.3 Å². The average Bonchev–Trinajstić information content (AvgIpc) is 3.11. The number of nitrogen functional groups attached to an aromatic ring is 1. The van der Waals surface area contributed by atoms with E-state index in [1.165, 1.54) is 63.0 Å². The lowest BCUT2D eigenvalue weighted by molar-refractivity contribution is 0.0943. The molecular formula is C15H23N3OS. The highest BCUT2D eigenvalue weighted by Gasteiger charge is 2.36. The van der Waals surface area contributed by atoms with E-state index in [1.54, 1.807) is 0 Å². The van der Waals surface area contributed by atoms with Gasteiger partial charge in [0.1, 0.15) is 0 Å². The lowest BCUT2D eigenvalue weighted by atomic mass is 9.77. The number of carbonyl (C=O) groups is 1. The third kappa shape index (κ3) is 2.75. The SMILES string of the molecule is NNC(=O)c1sccc1CN1CCC2(CCCC2)CC1. The van der Waals surface area contributed by atoms with Crippen LogP contribution in [0.1, 0.15) is 53.8 Å². The molecule has 1 saturated carbocycles. The van der Waals surface area contributed by atoms with Crippen LogP contribution in [0.25, 0.3) is 0 Å². The van der Waals surface area contributed by atoms with Crippen LogP contribution < -0.4 is 11.3 Å². The number of thiophene rings is 1. The number of nitrogens with zero attached hydrogens (tertiary/aromatic N) is 1. The van der Waals surface area contributed by atoms with Crippen molar-refractivity contribution in [3.05, 3.63) is 21.9 Å². The molecule has 3 N–H and O–H groups in total. The van der Waals surface area contributed by atoms with E-state index in [0.29, 0.717) is 5.41 Å². The number of hydrogen-bond acceptors (Lipinski definition) is 4. The van der Waals surface area contributed by atoms with Crippen LogP contribution in [0.2, 0.25) is 0 Å². The van der Waals surface area contributed by atoms with Crippen LogP contribution in [-0.4, -0.2) is 23.9 Å². The summed E-state index contributed by atoms with van der Waals surface area (Å²) >= 11 is 1.47. The van der Waals surface area contributed by atoms with Gasteiger partial charge < -0.3 is 0 Å². The second-order valence-corrected chi connectivity index (χ2v) is 7.15. The predicted octanol–water partition coefficient (Wildman–Crippen LogP) is 2.51. The van der Waals surface area contributed by atoms with E-state index >= 15 is 0 Å². The highest BCUT2D eigenvalue weighted by Crippen LogP contribution is 2.46. The van der Waals surface area contributed by atoms with Crippen LogP contribution in [0.3, 0.4) is 0 Å². The average molecular weight is 293 g/mol. The summed E-state index contributed by atoms with van der Waals surface area (Å²) in [4.78, 5) is 14.9. The van der Waals surface area contributed by atoms with E-state index in [9.17, 15) is 4.79 Å². The van der Waals surface area contributed by atoms with Crippen molar-refractivity contribution in [2.45, 2.75) is 45.1 Å². The Balaban J connectivity index is 1.60. The first kappa shape index (κ1) is 14.0. The minimum absolute atomic E-state index is 0.167. The van der Waals surface area contributed by atoms with Crippen LogP contribution in [0.4, 0.5) is 0 Å². The van der Waals surface area contributed by atoms with Gasteiger partial charge in [-0.3, -0.25) is 15.1 Å². The molecule has 1 aromatic rings. The van der Waals surface area contributed by atoms with Crippen LogP contribution in [0.5, 0.6) is 0 Å². The number of hydrazine groups is 1. The number of piperidine rings is 1. The van der Waals surface area contributed by atoms with Crippen LogP contribution in [-0.2, 0) is 6.54 Å². The summed E-state index contributed by atoms with van der Waals surface area (Å²) in [6, 6.07) is 2.05. The van der Waals surface area contributed by atoms with E-state index in [4.69, 9.17) is 5.84 Å². The van der Waals surface area contributed by atoms with Gasteiger partial charge in [-0.2, -0.15) is 0 Å². The summed E-state index contributed by atoms with van der Waals surface area (Å²) in [6.07, 6.45) is 8.36. The van der Waals surface area contributed by atoms with E-state index in [-0.39, 0.29) is 5.91 Å². The number of nitrogens with two attached hydrogens (primary N) is 1. The van der Waals surface area contributed by atoms with Crippen molar-refractivity contribution in [1.82, 2.24) is 10.3 Å². The van der Waals surface area contributed by atoms with Gasteiger partial charge in [-0.05, 0) is 61.2 Å². The van der Waals surface area contributed by atoms with Crippen LogP contribution in [0.15, 0.2) is 11.4 Å². The molecule has 1 aromatic heterocycles. The standard InChI is InChI=1S/C15H23N3OS/c16-17-14(19)13-12(3-10-20-13)11-18-8-6-15(7-9-18)4-1-2-5-15/h3,10H,1-2,4-9,11,16H2,(H,17,19). The van der Waals surface area contributed by atoms with Gasteiger partial charge in [-0.15, -0.1) is 11.3 Å². The number of rotatable bonds is 3. The Morgan fingerprint density at radius 1 is 1.30 bits per heavy atom. The van der Waals surface area contributed by atoms with E-state index in [0.717, 1.165) is 17.0 Å². The lowest BCUT2D eigenvalue weighted by Crippen LogP contribution is -2.38. The number of hydrogen-bond donors (Lipinski definition) is 2. The van der Waals surface area contributed by atoms with Crippen molar-refractivity contribution >= 4 is 17.2 Å². The topological polar surface area (TPSA) is 58.4 Å². The highest BCUT2D eigenvalue weighted by molar-refractivity contribution is 7.12. The quantitative estimate of drug-likeness (QED) is 0.511. The fourth-order valence-electron chi connectivity index (χ4n) is 3.78. The zero-order valence-electron chi connectivity index (χ0n) is 11.9. The fraction of sp³-hybridized carbons (Fsp3) is 0.667.